The summed E-state index contributed by atoms with van der Waals surface area (Å²) in [6, 6.07) is 19.4. The number of benzene rings is 2. The first-order chi connectivity index (χ1) is 13.7. The predicted octanol–water partition coefficient (Wildman–Crippen LogP) is 4.13. The zero-order valence-electron chi connectivity index (χ0n) is 16.8. The van der Waals surface area contributed by atoms with Crippen LogP contribution in [-0.4, -0.2) is 54.7 Å². The van der Waals surface area contributed by atoms with Crippen LogP contribution in [0.3, 0.4) is 0 Å². The Hall–Kier alpha value is -2.15. The fourth-order valence-electron chi connectivity index (χ4n) is 3.29. The van der Waals surface area contributed by atoms with Crippen LogP contribution in [0.25, 0.3) is 0 Å². The second kappa shape index (κ2) is 10.4. The first-order valence-electron chi connectivity index (χ1n) is 9.90. The van der Waals surface area contributed by atoms with Crippen LogP contribution in [-0.2, 0) is 8.85 Å². The predicted molar refractivity (Wildman–Crippen MR) is 117 cm³/mol. The van der Waals surface area contributed by atoms with Gasteiger partial charge < -0.3 is 18.5 Å². The van der Waals surface area contributed by atoms with Crippen molar-refractivity contribution in [1.29, 1.82) is 0 Å². The maximum Gasteiger partial charge on any atom is 0.335 e. The van der Waals surface area contributed by atoms with Gasteiger partial charge in [-0.25, -0.2) is 0 Å². The molecule has 2 aromatic rings. The summed E-state index contributed by atoms with van der Waals surface area (Å²) in [7, 11) is -0.435. The molecule has 3 rings (SSSR count). The highest BCUT2D eigenvalue weighted by molar-refractivity contribution is 6.66. The van der Waals surface area contributed by atoms with E-state index in [0.717, 1.165) is 43.4 Å². The van der Waals surface area contributed by atoms with Gasteiger partial charge in [0, 0.05) is 31.5 Å². The molecule has 28 heavy (non-hydrogen) atoms. The Kier molecular flexibility index (Phi) is 7.65. The molecule has 1 aliphatic heterocycles. The van der Waals surface area contributed by atoms with Crippen molar-refractivity contribution in [1.82, 2.24) is 0 Å². The molecule has 0 bridgehead atoms. The van der Waals surface area contributed by atoms with Gasteiger partial charge in [-0.3, -0.25) is 4.99 Å². The van der Waals surface area contributed by atoms with Crippen LogP contribution in [0, 0.1) is 0 Å². The number of para-hydroxylation sites is 1. The quantitative estimate of drug-likeness (QED) is 0.400. The summed E-state index contributed by atoms with van der Waals surface area (Å²) < 4.78 is 17.6. The van der Waals surface area contributed by atoms with E-state index >= 15 is 0 Å². The maximum absolute atomic E-state index is 6.22. The number of hydrogen-bond donors (Lipinski definition) is 0. The van der Waals surface area contributed by atoms with E-state index in [1.807, 2.05) is 36.5 Å². The third-order valence-corrected chi connectivity index (χ3v) is 7.82. The van der Waals surface area contributed by atoms with Gasteiger partial charge in [0.05, 0.1) is 20.3 Å². The Morgan fingerprint density at radius 3 is 2.36 bits per heavy atom. The minimum Gasteiger partial charge on any atom is -0.497 e. The number of anilines is 1. The summed E-state index contributed by atoms with van der Waals surface area (Å²) in [5, 5.41) is 0. The lowest BCUT2D eigenvalue weighted by molar-refractivity contribution is 0.164. The maximum atomic E-state index is 6.22. The number of nitrogens with zero attached hydrogens (tertiary/aromatic N) is 2. The van der Waals surface area contributed by atoms with Crippen LogP contribution in [0.5, 0.6) is 5.75 Å². The smallest absolute Gasteiger partial charge is 0.335 e. The highest BCUT2D eigenvalue weighted by Gasteiger charge is 2.32. The largest absolute Gasteiger partial charge is 0.497 e. The van der Waals surface area contributed by atoms with Gasteiger partial charge >= 0.3 is 8.56 Å². The summed E-state index contributed by atoms with van der Waals surface area (Å²) in [6.07, 6.45) is 2.90. The van der Waals surface area contributed by atoms with Crippen molar-refractivity contribution in [2.75, 3.05) is 44.9 Å². The van der Waals surface area contributed by atoms with Crippen LogP contribution < -0.4 is 9.64 Å². The molecule has 0 radical (unpaired) electrons. The second-order valence-electron chi connectivity index (χ2n) is 7.07. The monoisotopic (exact) mass is 398 g/mol. The summed E-state index contributed by atoms with van der Waals surface area (Å²) in [4.78, 5) is 6.87. The molecule has 2 aromatic carbocycles. The van der Waals surface area contributed by atoms with E-state index in [9.17, 15) is 0 Å². The van der Waals surface area contributed by atoms with Gasteiger partial charge in [-0.1, -0.05) is 18.2 Å². The van der Waals surface area contributed by atoms with Crippen molar-refractivity contribution in [3.8, 4) is 5.75 Å². The summed E-state index contributed by atoms with van der Waals surface area (Å²) >= 11 is 0. The lowest BCUT2D eigenvalue weighted by atomic mass is 10.2. The molecule has 1 fully saturated rings. The highest BCUT2D eigenvalue weighted by Crippen LogP contribution is 2.20. The number of ether oxygens (including phenoxy) is 1. The van der Waals surface area contributed by atoms with Crippen LogP contribution in [0.1, 0.15) is 12.0 Å². The molecular formula is C22H30N2O3Si. The van der Waals surface area contributed by atoms with E-state index in [2.05, 4.69) is 40.7 Å². The van der Waals surface area contributed by atoms with Crippen LogP contribution >= 0.6 is 0 Å². The van der Waals surface area contributed by atoms with E-state index in [-0.39, 0.29) is 0 Å². The molecule has 5 nitrogen and oxygen atoms in total. The van der Waals surface area contributed by atoms with Gasteiger partial charge in [-0.05, 0) is 61.0 Å². The van der Waals surface area contributed by atoms with Gasteiger partial charge in [-0.2, -0.15) is 0 Å². The molecule has 0 unspecified atom stereocenters. The van der Waals surface area contributed by atoms with Crippen molar-refractivity contribution < 1.29 is 13.6 Å². The molecule has 150 valence electrons. The van der Waals surface area contributed by atoms with E-state index in [4.69, 9.17) is 13.6 Å². The van der Waals surface area contributed by atoms with E-state index in [1.54, 1.807) is 7.11 Å². The van der Waals surface area contributed by atoms with Crippen LogP contribution in [0.4, 0.5) is 5.69 Å². The molecule has 0 N–H and O–H groups in total. The zero-order chi connectivity index (χ0) is 19.7. The summed E-state index contributed by atoms with van der Waals surface area (Å²) in [6.45, 7) is 6.21. The molecule has 1 heterocycles. The fourth-order valence-corrected chi connectivity index (χ4v) is 5.51. The van der Waals surface area contributed by atoms with Crippen molar-refractivity contribution in [3.63, 3.8) is 0 Å². The van der Waals surface area contributed by atoms with Gasteiger partial charge in [0.15, 0.2) is 0 Å². The Bertz CT molecular complexity index is 727. The average molecular weight is 399 g/mol. The Balaban J connectivity index is 1.41. The molecule has 0 aromatic heterocycles. The molecule has 1 aliphatic rings. The lowest BCUT2D eigenvalue weighted by Gasteiger charge is -2.34. The average Bonchev–Trinajstić information content (AvgIpc) is 2.72. The van der Waals surface area contributed by atoms with E-state index in [1.165, 1.54) is 5.69 Å². The number of aliphatic imine (C=N–C) groups is 1. The van der Waals surface area contributed by atoms with Crippen LogP contribution in [0.2, 0.25) is 12.6 Å². The number of methoxy groups -OCH3 is 1. The molecule has 0 saturated carbocycles. The number of rotatable bonds is 7. The van der Waals surface area contributed by atoms with Crippen molar-refractivity contribution >= 4 is 20.5 Å². The Labute approximate surface area is 169 Å². The van der Waals surface area contributed by atoms with E-state index < -0.39 is 8.56 Å². The SMILES string of the molecule is COc1ccc(C=NCCC[Si]2(C)OCCN(c3ccccc3)CCO2)cc1. The van der Waals surface area contributed by atoms with Gasteiger partial charge in [0.25, 0.3) is 0 Å². The van der Waals surface area contributed by atoms with Gasteiger partial charge in [0.1, 0.15) is 5.75 Å². The normalized spacial score (nSPS) is 17.3. The van der Waals surface area contributed by atoms with Gasteiger partial charge in [-0.15, -0.1) is 0 Å². The first kappa shape index (κ1) is 20.6. The first-order valence-corrected chi connectivity index (χ1v) is 12.4. The van der Waals surface area contributed by atoms with Crippen molar-refractivity contribution in [3.05, 3.63) is 60.2 Å². The number of hydrogen-bond acceptors (Lipinski definition) is 5. The van der Waals surface area contributed by atoms with Crippen molar-refractivity contribution in [2.45, 2.75) is 19.0 Å². The third-order valence-electron chi connectivity index (χ3n) is 4.93. The van der Waals surface area contributed by atoms with Crippen LogP contribution in [0.15, 0.2) is 59.6 Å². The zero-order valence-corrected chi connectivity index (χ0v) is 17.8. The van der Waals surface area contributed by atoms with Gasteiger partial charge in [0.2, 0.25) is 0 Å². The molecule has 0 atom stereocenters. The molecule has 0 aliphatic carbocycles. The Morgan fingerprint density at radius 2 is 1.71 bits per heavy atom. The molecule has 6 heteroatoms. The summed E-state index contributed by atoms with van der Waals surface area (Å²) in [5.74, 6) is 0.862. The van der Waals surface area contributed by atoms with E-state index in [0.29, 0.717) is 13.2 Å². The second-order valence-corrected chi connectivity index (χ2v) is 10.4. The van der Waals surface area contributed by atoms with Crippen molar-refractivity contribution in [2.24, 2.45) is 4.99 Å². The molecule has 0 spiro atoms. The molecular weight excluding hydrogens is 368 g/mol. The topological polar surface area (TPSA) is 43.3 Å². The Morgan fingerprint density at radius 1 is 1.04 bits per heavy atom. The standard InChI is InChI=1S/C22H30N2O3Si/c1-25-22-11-9-20(10-12-22)19-23-13-6-18-28(2)26-16-14-24(15-17-27-28)21-7-4-3-5-8-21/h3-5,7-12,19H,6,13-18H2,1-2H3. The minimum atomic E-state index is -2.11. The lowest BCUT2D eigenvalue weighted by Crippen LogP contribution is -2.46. The third kappa shape index (κ3) is 6.19. The molecule has 1 saturated heterocycles. The molecule has 0 amide bonds. The summed E-state index contributed by atoms with van der Waals surface area (Å²) in [5.41, 5.74) is 2.32. The minimum absolute atomic E-state index is 0.715. The fraction of sp³-hybridized carbons (Fsp3) is 0.409. The highest BCUT2D eigenvalue weighted by atomic mass is 28.4.